The van der Waals surface area contributed by atoms with Gasteiger partial charge in [-0.2, -0.15) is 0 Å². The van der Waals surface area contributed by atoms with E-state index in [4.69, 9.17) is 8.83 Å². The minimum atomic E-state index is -0.142. The SMILES string of the molecule is CC1(C)c2ccccc2-c2ccc(N(c3ccc(-c4cccc5c4sc4ccccc45)cc3)c3ccc4oc5c(-c6ccccc6)c6c(cc5c4c3)oc3ccccc36)cc21. The third-order valence-electron chi connectivity index (χ3n) is 13.1. The third kappa shape index (κ3) is 5.03. The normalized spacial score (nSPS) is 13.2. The molecule has 1 aliphatic carbocycles. The first-order valence-electron chi connectivity index (χ1n) is 20.9. The molecule has 288 valence electrons. The molecule has 0 saturated heterocycles. The Labute approximate surface area is 356 Å². The van der Waals surface area contributed by atoms with Gasteiger partial charge >= 0.3 is 0 Å². The van der Waals surface area contributed by atoms with Gasteiger partial charge in [0.15, 0.2) is 0 Å². The molecule has 3 aromatic heterocycles. The first-order valence-corrected chi connectivity index (χ1v) is 21.7. The van der Waals surface area contributed by atoms with Crippen molar-refractivity contribution in [2.24, 2.45) is 0 Å². The van der Waals surface area contributed by atoms with Crippen LogP contribution in [0.15, 0.2) is 197 Å². The Morgan fingerprint density at radius 3 is 1.98 bits per heavy atom. The number of anilines is 3. The van der Waals surface area contributed by atoms with Gasteiger partial charge in [0.05, 0.1) is 0 Å². The fourth-order valence-corrected chi connectivity index (χ4v) is 11.4. The van der Waals surface area contributed by atoms with Gasteiger partial charge in [0, 0.05) is 69.8 Å². The van der Waals surface area contributed by atoms with Gasteiger partial charge < -0.3 is 13.7 Å². The lowest BCUT2D eigenvalue weighted by Gasteiger charge is -2.28. The van der Waals surface area contributed by atoms with Gasteiger partial charge in [-0.05, 0) is 99.6 Å². The van der Waals surface area contributed by atoms with Crippen molar-refractivity contribution in [3.05, 3.63) is 199 Å². The van der Waals surface area contributed by atoms with Crippen LogP contribution in [0.2, 0.25) is 0 Å². The van der Waals surface area contributed by atoms with Crippen molar-refractivity contribution in [1.82, 2.24) is 0 Å². The summed E-state index contributed by atoms with van der Waals surface area (Å²) in [6, 6.07) is 68.1. The first kappa shape index (κ1) is 34.5. The van der Waals surface area contributed by atoms with Crippen LogP contribution in [-0.4, -0.2) is 0 Å². The molecule has 0 unspecified atom stereocenters. The predicted molar refractivity (Wildman–Crippen MR) is 257 cm³/mol. The van der Waals surface area contributed by atoms with E-state index >= 15 is 0 Å². The summed E-state index contributed by atoms with van der Waals surface area (Å²) in [7, 11) is 0. The highest BCUT2D eigenvalue weighted by Gasteiger charge is 2.36. The summed E-state index contributed by atoms with van der Waals surface area (Å²) in [4.78, 5) is 2.40. The van der Waals surface area contributed by atoms with Gasteiger partial charge in [-0.3, -0.25) is 0 Å². The number of furan rings is 2. The second-order valence-corrected chi connectivity index (χ2v) is 17.9. The molecule has 13 rings (SSSR count). The van der Waals surface area contributed by atoms with Crippen molar-refractivity contribution >= 4 is 92.4 Å². The second-order valence-electron chi connectivity index (χ2n) is 16.8. The smallest absolute Gasteiger partial charge is 0.144 e. The molecule has 61 heavy (non-hydrogen) atoms. The van der Waals surface area contributed by atoms with Gasteiger partial charge in [0.25, 0.3) is 0 Å². The number of hydrogen-bond donors (Lipinski definition) is 0. The number of rotatable bonds is 5. The van der Waals surface area contributed by atoms with Crippen LogP contribution in [0.5, 0.6) is 0 Å². The average Bonchev–Trinajstić information content (AvgIpc) is 4.04. The summed E-state index contributed by atoms with van der Waals surface area (Å²) in [5, 5.41) is 6.84. The number of benzene rings is 9. The van der Waals surface area contributed by atoms with Crippen LogP contribution in [0.4, 0.5) is 17.1 Å². The van der Waals surface area contributed by atoms with E-state index in [2.05, 4.69) is 195 Å². The van der Waals surface area contributed by atoms with Crippen LogP contribution < -0.4 is 4.90 Å². The van der Waals surface area contributed by atoms with Crippen molar-refractivity contribution in [3.8, 4) is 33.4 Å². The van der Waals surface area contributed by atoms with Crippen LogP contribution in [-0.2, 0) is 5.41 Å². The molecule has 1 aliphatic rings. The molecule has 12 aromatic rings. The molecule has 3 nitrogen and oxygen atoms in total. The number of hydrogen-bond acceptors (Lipinski definition) is 4. The van der Waals surface area contributed by atoms with Crippen LogP contribution >= 0.6 is 11.3 Å². The van der Waals surface area contributed by atoms with Crippen molar-refractivity contribution < 1.29 is 8.83 Å². The van der Waals surface area contributed by atoms with Crippen LogP contribution in [0.3, 0.4) is 0 Å². The largest absolute Gasteiger partial charge is 0.456 e. The summed E-state index contributed by atoms with van der Waals surface area (Å²) in [5.41, 5.74) is 16.4. The van der Waals surface area contributed by atoms with Crippen LogP contribution in [0.25, 0.3) is 97.4 Å². The molecule has 0 N–H and O–H groups in total. The summed E-state index contributed by atoms with van der Waals surface area (Å²) in [5.74, 6) is 0. The molecular formula is C57H37NO2S. The van der Waals surface area contributed by atoms with Crippen molar-refractivity contribution in [3.63, 3.8) is 0 Å². The lowest BCUT2D eigenvalue weighted by Crippen LogP contribution is -2.16. The maximum Gasteiger partial charge on any atom is 0.144 e. The van der Waals surface area contributed by atoms with E-state index in [1.54, 1.807) is 0 Å². The summed E-state index contributed by atoms with van der Waals surface area (Å²) < 4.78 is 16.1. The molecule has 0 aliphatic heterocycles. The van der Waals surface area contributed by atoms with Gasteiger partial charge in [-0.1, -0.05) is 141 Å². The Bertz CT molecular complexity index is 3740. The van der Waals surface area contributed by atoms with E-state index in [0.717, 1.165) is 72.1 Å². The number of thiophene rings is 1. The number of fused-ring (bicyclic) bond motifs is 12. The van der Waals surface area contributed by atoms with Crippen LogP contribution in [0, 0.1) is 0 Å². The van der Waals surface area contributed by atoms with E-state index in [-0.39, 0.29) is 5.41 Å². The van der Waals surface area contributed by atoms with Crippen molar-refractivity contribution in [1.29, 1.82) is 0 Å². The van der Waals surface area contributed by atoms with Gasteiger partial charge in [0.1, 0.15) is 22.3 Å². The molecular weight excluding hydrogens is 763 g/mol. The summed E-state index contributed by atoms with van der Waals surface area (Å²) >= 11 is 1.87. The van der Waals surface area contributed by atoms with Gasteiger partial charge in [-0.25, -0.2) is 0 Å². The Kier molecular flexibility index (Phi) is 7.23. The third-order valence-corrected chi connectivity index (χ3v) is 14.3. The highest BCUT2D eigenvalue weighted by molar-refractivity contribution is 7.26. The lowest BCUT2D eigenvalue weighted by atomic mass is 9.82. The Balaban J connectivity index is 1.02. The van der Waals surface area contributed by atoms with E-state index in [0.29, 0.717) is 0 Å². The first-order chi connectivity index (χ1) is 30.0. The van der Waals surface area contributed by atoms with E-state index in [1.807, 2.05) is 23.5 Å². The molecule has 3 heterocycles. The minimum absolute atomic E-state index is 0.142. The Morgan fingerprint density at radius 1 is 0.426 bits per heavy atom. The molecule has 4 heteroatoms. The molecule has 0 atom stereocenters. The quantitative estimate of drug-likeness (QED) is 0.174. The van der Waals surface area contributed by atoms with Gasteiger partial charge in [0.2, 0.25) is 0 Å². The van der Waals surface area contributed by atoms with E-state index in [9.17, 15) is 0 Å². The number of nitrogens with zero attached hydrogens (tertiary/aromatic N) is 1. The fraction of sp³-hybridized carbons (Fsp3) is 0.0526. The molecule has 0 saturated carbocycles. The Hall–Kier alpha value is -7.40. The van der Waals surface area contributed by atoms with Crippen molar-refractivity contribution in [2.75, 3.05) is 4.90 Å². The monoisotopic (exact) mass is 799 g/mol. The molecule has 0 bridgehead atoms. The zero-order chi connectivity index (χ0) is 40.4. The zero-order valence-corrected chi connectivity index (χ0v) is 34.4. The topological polar surface area (TPSA) is 29.5 Å². The molecule has 0 fully saturated rings. The van der Waals surface area contributed by atoms with Gasteiger partial charge in [-0.15, -0.1) is 11.3 Å². The van der Waals surface area contributed by atoms with Crippen molar-refractivity contribution in [2.45, 2.75) is 19.3 Å². The summed E-state index contributed by atoms with van der Waals surface area (Å²) in [6.07, 6.45) is 0. The minimum Gasteiger partial charge on any atom is -0.456 e. The standard InChI is InChI=1S/C57H37NO2S/c1-57(2)47-20-9-6-15-40(47)41-29-27-38(32-48(41)57)58(36-25-23-34(24-26-36)39-18-12-19-43-42-16-8-11-22-52(42)61-56(39)43)37-28-30-50-45(31-37)46-33-51-54(44-17-7-10-21-49(44)59-51)53(55(46)60-50)35-13-4-3-5-14-35/h3-33H,1-2H3. The predicted octanol–water partition coefficient (Wildman–Crippen LogP) is 17.0. The molecule has 0 spiro atoms. The Morgan fingerprint density at radius 2 is 1.10 bits per heavy atom. The van der Waals surface area contributed by atoms with E-state index < -0.39 is 0 Å². The molecule has 0 amide bonds. The summed E-state index contributed by atoms with van der Waals surface area (Å²) in [6.45, 7) is 4.70. The highest BCUT2D eigenvalue weighted by Crippen LogP contribution is 2.52. The molecule has 0 radical (unpaired) electrons. The van der Waals surface area contributed by atoms with E-state index in [1.165, 1.54) is 53.6 Å². The number of para-hydroxylation sites is 1. The average molecular weight is 800 g/mol. The maximum absolute atomic E-state index is 6.90. The van der Waals surface area contributed by atoms with Crippen LogP contribution in [0.1, 0.15) is 25.0 Å². The fourth-order valence-electron chi connectivity index (χ4n) is 10.2. The zero-order valence-electron chi connectivity index (χ0n) is 33.6. The molecule has 9 aromatic carbocycles. The highest BCUT2D eigenvalue weighted by atomic mass is 32.1. The maximum atomic E-state index is 6.90. The lowest BCUT2D eigenvalue weighted by molar-refractivity contribution is 0.660. The second kappa shape index (κ2) is 12.8.